The molecule has 22 heavy (non-hydrogen) atoms. The number of carbonyl (C=O) groups is 1. The predicted molar refractivity (Wildman–Crippen MR) is 82.7 cm³/mol. The third kappa shape index (κ3) is 3.24. The summed E-state index contributed by atoms with van der Waals surface area (Å²) >= 11 is 0. The Hall–Kier alpha value is -2.43. The number of aromatic nitrogens is 1. The summed E-state index contributed by atoms with van der Waals surface area (Å²) < 4.78 is 19.5. The maximum Gasteiger partial charge on any atom is 0.316 e. The molecule has 0 fully saturated rings. The summed E-state index contributed by atoms with van der Waals surface area (Å²) in [5.74, 6) is -0.984. The predicted octanol–water partition coefficient (Wildman–Crippen LogP) is 2.87. The van der Waals surface area contributed by atoms with Crippen LogP contribution in [0.25, 0.3) is 0 Å². The number of halogens is 1. The number of pyridine rings is 1. The van der Waals surface area contributed by atoms with Crippen LogP contribution in [0, 0.1) is 5.82 Å². The number of hydrogen-bond donors (Lipinski definition) is 1. The monoisotopic (exact) mass is 302 g/mol. The van der Waals surface area contributed by atoms with Crippen LogP contribution >= 0.6 is 0 Å². The molecular weight excluding hydrogens is 283 g/mol. The minimum Gasteiger partial charge on any atom is -0.465 e. The van der Waals surface area contributed by atoms with Gasteiger partial charge in [0.15, 0.2) is 0 Å². The lowest BCUT2D eigenvalue weighted by molar-refractivity contribution is -0.149. The summed E-state index contributed by atoms with van der Waals surface area (Å²) in [4.78, 5) is 16.5. The fourth-order valence-electron chi connectivity index (χ4n) is 2.46. The number of anilines is 1. The van der Waals surface area contributed by atoms with Gasteiger partial charge in [-0.15, -0.1) is 0 Å². The molecule has 2 aromatic rings. The topological polar surface area (TPSA) is 65.2 Å². The van der Waals surface area contributed by atoms with Crippen LogP contribution in [0.5, 0.6) is 0 Å². The van der Waals surface area contributed by atoms with Gasteiger partial charge in [0.1, 0.15) is 5.82 Å². The van der Waals surface area contributed by atoms with E-state index in [0.717, 1.165) is 5.56 Å². The highest BCUT2D eigenvalue weighted by Gasteiger charge is 2.39. The molecule has 116 valence electrons. The number of rotatable bonds is 5. The lowest BCUT2D eigenvalue weighted by Crippen LogP contribution is -2.37. The van der Waals surface area contributed by atoms with Crippen LogP contribution < -0.4 is 5.73 Å². The third-order valence-electron chi connectivity index (χ3n) is 3.59. The zero-order valence-corrected chi connectivity index (χ0v) is 12.7. The second-order valence-electron chi connectivity index (χ2n) is 5.33. The summed E-state index contributed by atoms with van der Waals surface area (Å²) in [5.41, 5.74) is 5.86. The summed E-state index contributed by atoms with van der Waals surface area (Å²) in [7, 11) is 0. The van der Waals surface area contributed by atoms with Crippen molar-refractivity contribution in [2.24, 2.45) is 0 Å². The van der Waals surface area contributed by atoms with E-state index in [0.29, 0.717) is 12.1 Å². The first kappa shape index (κ1) is 15.9. The fourth-order valence-corrected chi connectivity index (χ4v) is 2.46. The molecular formula is C17H19FN2O2. The van der Waals surface area contributed by atoms with Gasteiger partial charge in [-0.05, 0) is 44.0 Å². The molecule has 2 N–H and O–H groups in total. The normalized spacial score (nSPS) is 13.4. The summed E-state index contributed by atoms with van der Waals surface area (Å²) in [5, 5.41) is 0. The average Bonchev–Trinajstić information content (AvgIpc) is 2.48. The first-order valence-electron chi connectivity index (χ1n) is 7.09. The zero-order chi connectivity index (χ0) is 16.2. The van der Waals surface area contributed by atoms with Crippen LogP contribution in [0.15, 0.2) is 42.7 Å². The molecule has 1 aromatic heterocycles. The van der Waals surface area contributed by atoms with E-state index in [1.807, 2.05) is 6.07 Å². The molecule has 5 heteroatoms. The van der Waals surface area contributed by atoms with E-state index < -0.39 is 17.2 Å². The van der Waals surface area contributed by atoms with Crippen LogP contribution in [0.4, 0.5) is 10.1 Å². The number of nitrogens with two attached hydrogens (primary N) is 1. The molecule has 1 unspecified atom stereocenters. The number of esters is 1. The molecule has 2 rings (SSSR count). The van der Waals surface area contributed by atoms with E-state index >= 15 is 0 Å². The van der Waals surface area contributed by atoms with E-state index in [-0.39, 0.29) is 12.2 Å². The van der Waals surface area contributed by atoms with Crippen LogP contribution in [0.3, 0.4) is 0 Å². The Kier molecular flexibility index (Phi) is 4.75. The molecule has 1 atom stereocenters. The van der Waals surface area contributed by atoms with Gasteiger partial charge in [0.2, 0.25) is 0 Å². The van der Waals surface area contributed by atoms with Crippen molar-refractivity contribution in [3.63, 3.8) is 0 Å². The third-order valence-corrected chi connectivity index (χ3v) is 3.59. The van der Waals surface area contributed by atoms with Gasteiger partial charge in [0, 0.05) is 23.6 Å². The Bertz CT molecular complexity index is 661. The standard InChI is InChI=1S/C17H19FN2O2/c1-3-22-16(21)17(2,10-12-5-4-8-20-11-12)14-7-6-13(19)9-15(14)18/h4-9,11H,3,10,19H2,1-2H3. The Balaban J connectivity index is 2.47. The van der Waals surface area contributed by atoms with Crippen LogP contribution in [0.2, 0.25) is 0 Å². The second-order valence-corrected chi connectivity index (χ2v) is 5.33. The van der Waals surface area contributed by atoms with Crippen LogP contribution in [-0.4, -0.2) is 17.6 Å². The summed E-state index contributed by atoms with van der Waals surface area (Å²) in [6, 6.07) is 7.97. The molecule has 1 aromatic carbocycles. The fraction of sp³-hybridized carbons (Fsp3) is 0.294. The number of nitrogen functional groups attached to an aromatic ring is 1. The number of hydrogen-bond acceptors (Lipinski definition) is 4. The van der Waals surface area contributed by atoms with Gasteiger partial charge in [-0.25, -0.2) is 4.39 Å². The van der Waals surface area contributed by atoms with E-state index in [1.54, 1.807) is 38.4 Å². The number of benzene rings is 1. The number of carbonyl (C=O) groups excluding carboxylic acids is 1. The average molecular weight is 302 g/mol. The van der Waals surface area contributed by atoms with Gasteiger partial charge >= 0.3 is 5.97 Å². The van der Waals surface area contributed by atoms with E-state index in [1.165, 1.54) is 12.1 Å². The lowest BCUT2D eigenvalue weighted by atomic mass is 9.77. The van der Waals surface area contributed by atoms with Gasteiger partial charge in [-0.1, -0.05) is 12.1 Å². The molecule has 0 saturated heterocycles. The molecule has 0 amide bonds. The van der Waals surface area contributed by atoms with Crippen molar-refractivity contribution < 1.29 is 13.9 Å². The van der Waals surface area contributed by atoms with Crippen LogP contribution in [0.1, 0.15) is 25.0 Å². The molecule has 0 radical (unpaired) electrons. The molecule has 0 saturated carbocycles. The van der Waals surface area contributed by atoms with Crippen molar-refractivity contribution >= 4 is 11.7 Å². The van der Waals surface area contributed by atoms with Crippen molar-refractivity contribution in [2.45, 2.75) is 25.7 Å². The van der Waals surface area contributed by atoms with Crippen LogP contribution in [-0.2, 0) is 21.4 Å². The summed E-state index contributed by atoms with van der Waals surface area (Å²) in [6.45, 7) is 3.63. The Morgan fingerprint density at radius 3 is 2.77 bits per heavy atom. The lowest BCUT2D eigenvalue weighted by Gasteiger charge is -2.28. The molecule has 0 bridgehead atoms. The maximum atomic E-state index is 14.3. The van der Waals surface area contributed by atoms with E-state index in [9.17, 15) is 9.18 Å². The summed E-state index contributed by atoms with van der Waals surface area (Å²) in [6.07, 6.45) is 3.60. The minimum absolute atomic E-state index is 0.234. The maximum absolute atomic E-state index is 14.3. The largest absolute Gasteiger partial charge is 0.465 e. The first-order valence-corrected chi connectivity index (χ1v) is 7.09. The second kappa shape index (κ2) is 6.56. The highest BCUT2D eigenvalue weighted by Crippen LogP contribution is 2.32. The zero-order valence-electron chi connectivity index (χ0n) is 12.7. The van der Waals surface area contributed by atoms with Crippen molar-refractivity contribution in [1.29, 1.82) is 0 Å². The van der Waals surface area contributed by atoms with Crippen molar-refractivity contribution in [2.75, 3.05) is 12.3 Å². The highest BCUT2D eigenvalue weighted by atomic mass is 19.1. The van der Waals surface area contributed by atoms with Gasteiger partial charge in [-0.2, -0.15) is 0 Å². The van der Waals surface area contributed by atoms with Gasteiger partial charge in [0.25, 0.3) is 0 Å². The quantitative estimate of drug-likeness (QED) is 0.681. The smallest absolute Gasteiger partial charge is 0.316 e. The van der Waals surface area contributed by atoms with E-state index in [2.05, 4.69) is 4.98 Å². The molecule has 0 aliphatic rings. The van der Waals surface area contributed by atoms with E-state index in [4.69, 9.17) is 10.5 Å². The van der Waals surface area contributed by atoms with Crippen molar-refractivity contribution in [3.05, 3.63) is 59.7 Å². The SMILES string of the molecule is CCOC(=O)C(C)(Cc1cccnc1)c1ccc(N)cc1F. The van der Waals surface area contributed by atoms with Crippen molar-refractivity contribution in [3.8, 4) is 0 Å². The number of ether oxygens (including phenoxy) is 1. The van der Waals surface area contributed by atoms with Crippen molar-refractivity contribution in [1.82, 2.24) is 4.98 Å². The minimum atomic E-state index is -1.14. The van der Waals surface area contributed by atoms with Gasteiger partial charge in [-0.3, -0.25) is 9.78 Å². The van der Waals surface area contributed by atoms with Gasteiger partial charge < -0.3 is 10.5 Å². The molecule has 0 aliphatic carbocycles. The first-order chi connectivity index (χ1) is 10.5. The number of nitrogens with zero attached hydrogens (tertiary/aromatic N) is 1. The Morgan fingerprint density at radius 1 is 1.41 bits per heavy atom. The highest BCUT2D eigenvalue weighted by molar-refractivity contribution is 5.83. The Morgan fingerprint density at radius 2 is 2.18 bits per heavy atom. The molecule has 1 heterocycles. The Labute approximate surface area is 129 Å². The van der Waals surface area contributed by atoms with Gasteiger partial charge in [0.05, 0.1) is 12.0 Å². The molecule has 0 aliphatic heterocycles. The molecule has 0 spiro atoms. The molecule has 4 nitrogen and oxygen atoms in total.